The van der Waals surface area contributed by atoms with Crippen molar-refractivity contribution < 1.29 is 26.4 Å². The highest BCUT2D eigenvalue weighted by atomic mass is 32.2. The van der Waals surface area contributed by atoms with Crippen molar-refractivity contribution in [3.05, 3.63) is 29.3 Å². The summed E-state index contributed by atoms with van der Waals surface area (Å²) in [6.07, 6.45) is 0.273. The molecular formula is C19H30N2O6S2. The number of benzene rings is 1. The summed E-state index contributed by atoms with van der Waals surface area (Å²) in [4.78, 5) is 14.0. The summed E-state index contributed by atoms with van der Waals surface area (Å²) in [5.74, 6) is -0.823. The van der Waals surface area contributed by atoms with Crippen molar-refractivity contribution in [3.63, 3.8) is 0 Å². The molecule has 2 rings (SSSR count). The maximum Gasteiger partial charge on any atom is 0.337 e. The van der Waals surface area contributed by atoms with Gasteiger partial charge in [0.2, 0.25) is 10.0 Å². The summed E-state index contributed by atoms with van der Waals surface area (Å²) in [6, 6.07) is 3.78. The lowest BCUT2D eigenvalue weighted by Gasteiger charge is -2.30. The molecule has 1 fully saturated rings. The normalized spacial score (nSPS) is 19.0. The van der Waals surface area contributed by atoms with Crippen molar-refractivity contribution in [2.45, 2.75) is 38.1 Å². The molecule has 1 aromatic carbocycles. The molecule has 10 heteroatoms. The van der Waals surface area contributed by atoms with Gasteiger partial charge in [-0.25, -0.2) is 21.6 Å². The van der Waals surface area contributed by atoms with E-state index >= 15 is 0 Å². The molecule has 1 atom stereocenters. The standard InChI is InChI=1S/C19H30N2O6S2/c1-5-20(6-2)10-11-21(17-9-12-28(23,24)14-17)29(25,26)18-13-16(19(22)27-4)8-7-15(18)3/h7-8,13,17H,5-6,9-12,14H2,1-4H3/t17-/m1/s1. The maximum absolute atomic E-state index is 13.6. The first-order valence-corrected chi connectivity index (χ1v) is 13.0. The second-order valence-corrected chi connectivity index (χ2v) is 11.3. The number of hydrogen-bond acceptors (Lipinski definition) is 7. The Labute approximate surface area is 173 Å². The summed E-state index contributed by atoms with van der Waals surface area (Å²) in [7, 11) is -6.04. The van der Waals surface area contributed by atoms with Crippen LogP contribution in [-0.4, -0.2) is 82.8 Å². The zero-order chi connectivity index (χ0) is 21.8. The van der Waals surface area contributed by atoms with Gasteiger partial charge in [-0.2, -0.15) is 4.31 Å². The van der Waals surface area contributed by atoms with Gasteiger partial charge in [0, 0.05) is 19.1 Å². The number of esters is 1. The van der Waals surface area contributed by atoms with E-state index in [1.165, 1.54) is 23.5 Å². The fourth-order valence-electron chi connectivity index (χ4n) is 3.53. The number of likely N-dealkylation sites (N-methyl/N-ethyl adjacent to an activating group) is 1. The van der Waals surface area contributed by atoms with Gasteiger partial charge in [-0.3, -0.25) is 0 Å². The van der Waals surface area contributed by atoms with Crippen molar-refractivity contribution in [3.8, 4) is 0 Å². The van der Waals surface area contributed by atoms with Gasteiger partial charge in [0.25, 0.3) is 0 Å². The smallest absolute Gasteiger partial charge is 0.337 e. The predicted molar refractivity (Wildman–Crippen MR) is 111 cm³/mol. The molecule has 0 N–H and O–H groups in total. The minimum Gasteiger partial charge on any atom is -0.465 e. The Kier molecular flexibility index (Phi) is 7.83. The molecular weight excluding hydrogens is 416 g/mol. The predicted octanol–water partition coefficient (Wildman–Crippen LogP) is 1.30. The number of carbonyl (C=O) groups excluding carboxylic acids is 1. The van der Waals surface area contributed by atoms with E-state index in [1.807, 2.05) is 13.8 Å². The van der Waals surface area contributed by atoms with Crippen molar-refractivity contribution in [1.82, 2.24) is 9.21 Å². The SMILES string of the molecule is CCN(CC)CCN([C@@H]1CCS(=O)(=O)C1)S(=O)(=O)c1cc(C(=O)OC)ccc1C. The first kappa shape index (κ1) is 23.8. The highest BCUT2D eigenvalue weighted by Gasteiger charge is 2.39. The fourth-order valence-corrected chi connectivity index (χ4v) is 7.25. The summed E-state index contributed by atoms with van der Waals surface area (Å²) in [5, 5.41) is 0. The van der Waals surface area contributed by atoms with Gasteiger partial charge < -0.3 is 9.64 Å². The molecule has 1 aliphatic rings. The highest BCUT2D eigenvalue weighted by Crippen LogP contribution is 2.27. The quantitative estimate of drug-likeness (QED) is 0.527. The summed E-state index contributed by atoms with van der Waals surface area (Å²) >= 11 is 0. The minimum absolute atomic E-state index is 0.00393. The van der Waals surface area contributed by atoms with Crippen LogP contribution in [-0.2, 0) is 24.6 Å². The fraction of sp³-hybridized carbons (Fsp3) is 0.632. The van der Waals surface area contributed by atoms with Gasteiger partial charge in [-0.05, 0) is 44.1 Å². The number of sulfone groups is 1. The van der Waals surface area contributed by atoms with E-state index in [0.29, 0.717) is 12.1 Å². The number of methoxy groups -OCH3 is 1. The van der Waals surface area contributed by atoms with E-state index in [9.17, 15) is 21.6 Å². The number of ether oxygens (including phenoxy) is 1. The zero-order valence-electron chi connectivity index (χ0n) is 17.4. The topological polar surface area (TPSA) is 101 Å². The molecule has 0 radical (unpaired) electrons. The molecule has 0 saturated carbocycles. The third-order valence-electron chi connectivity index (χ3n) is 5.34. The first-order valence-electron chi connectivity index (χ1n) is 9.69. The molecule has 1 saturated heterocycles. The molecule has 8 nitrogen and oxygen atoms in total. The van der Waals surface area contributed by atoms with Gasteiger partial charge in [0.1, 0.15) is 0 Å². The van der Waals surface area contributed by atoms with Crippen LogP contribution in [0.25, 0.3) is 0 Å². The molecule has 0 amide bonds. The average Bonchev–Trinajstić information content (AvgIpc) is 3.03. The number of sulfonamides is 1. The number of hydrogen-bond donors (Lipinski definition) is 0. The van der Waals surface area contributed by atoms with Gasteiger partial charge in [0.15, 0.2) is 9.84 Å². The van der Waals surface area contributed by atoms with Gasteiger partial charge in [0.05, 0.1) is 29.1 Å². The van der Waals surface area contributed by atoms with E-state index in [-0.39, 0.29) is 34.9 Å². The molecule has 0 bridgehead atoms. The van der Waals surface area contributed by atoms with Crippen molar-refractivity contribution in [2.24, 2.45) is 0 Å². The highest BCUT2D eigenvalue weighted by molar-refractivity contribution is 7.92. The maximum atomic E-state index is 13.6. The van der Waals surface area contributed by atoms with Crippen molar-refractivity contribution in [1.29, 1.82) is 0 Å². The van der Waals surface area contributed by atoms with Crippen LogP contribution in [0.5, 0.6) is 0 Å². The summed E-state index contributed by atoms with van der Waals surface area (Å²) in [6.45, 7) is 7.86. The molecule has 1 aromatic rings. The number of rotatable bonds is 9. The van der Waals surface area contributed by atoms with E-state index in [4.69, 9.17) is 4.74 Å². The van der Waals surface area contributed by atoms with Crippen LogP contribution in [0.1, 0.15) is 36.2 Å². The Bertz CT molecular complexity index is 939. The van der Waals surface area contributed by atoms with E-state index in [1.54, 1.807) is 13.0 Å². The average molecular weight is 447 g/mol. The van der Waals surface area contributed by atoms with Crippen molar-refractivity contribution in [2.75, 3.05) is 44.8 Å². The third kappa shape index (κ3) is 5.56. The molecule has 0 aliphatic carbocycles. The zero-order valence-corrected chi connectivity index (χ0v) is 19.1. The molecule has 164 valence electrons. The Hall–Kier alpha value is -1.49. The number of nitrogens with zero attached hydrogens (tertiary/aromatic N) is 2. The second-order valence-electron chi connectivity index (χ2n) is 7.17. The van der Waals surface area contributed by atoms with E-state index < -0.39 is 31.9 Å². The lowest BCUT2D eigenvalue weighted by molar-refractivity contribution is 0.0600. The Morgan fingerprint density at radius 3 is 2.38 bits per heavy atom. The van der Waals surface area contributed by atoms with E-state index in [0.717, 1.165) is 13.1 Å². The molecule has 1 heterocycles. The van der Waals surface area contributed by atoms with Gasteiger partial charge >= 0.3 is 5.97 Å². The van der Waals surface area contributed by atoms with E-state index in [2.05, 4.69) is 4.90 Å². The van der Waals surface area contributed by atoms with Crippen LogP contribution in [0, 0.1) is 6.92 Å². The van der Waals surface area contributed by atoms with Crippen LogP contribution in [0.15, 0.2) is 23.1 Å². The molecule has 0 spiro atoms. The number of carbonyl (C=O) groups is 1. The Morgan fingerprint density at radius 2 is 1.86 bits per heavy atom. The monoisotopic (exact) mass is 446 g/mol. The molecule has 1 aliphatic heterocycles. The third-order valence-corrected chi connectivity index (χ3v) is 9.19. The lowest BCUT2D eigenvalue weighted by atomic mass is 10.1. The number of aryl methyl sites for hydroxylation is 1. The van der Waals surface area contributed by atoms with Gasteiger partial charge in [-0.15, -0.1) is 0 Å². The van der Waals surface area contributed by atoms with Crippen LogP contribution < -0.4 is 0 Å². The second kappa shape index (κ2) is 9.55. The van der Waals surface area contributed by atoms with Crippen LogP contribution >= 0.6 is 0 Å². The molecule has 0 unspecified atom stereocenters. The minimum atomic E-state index is -4.01. The molecule has 0 aromatic heterocycles. The first-order chi connectivity index (χ1) is 13.6. The van der Waals surface area contributed by atoms with Gasteiger partial charge in [-0.1, -0.05) is 19.9 Å². The van der Waals surface area contributed by atoms with Crippen molar-refractivity contribution >= 4 is 25.8 Å². The van der Waals surface area contributed by atoms with Crippen LogP contribution in [0.4, 0.5) is 0 Å². The lowest BCUT2D eigenvalue weighted by Crippen LogP contribution is -2.45. The van der Waals surface area contributed by atoms with Crippen LogP contribution in [0.2, 0.25) is 0 Å². The summed E-state index contributed by atoms with van der Waals surface area (Å²) < 4.78 is 57.2. The largest absolute Gasteiger partial charge is 0.465 e. The van der Waals surface area contributed by atoms with Crippen LogP contribution in [0.3, 0.4) is 0 Å². The Balaban J connectivity index is 2.46. The summed E-state index contributed by atoms with van der Waals surface area (Å²) in [5.41, 5.74) is 0.630. The molecule has 29 heavy (non-hydrogen) atoms. The Morgan fingerprint density at radius 1 is 1.21 bits per heavy atom.